The molecule has 1 saturated heterocycles. The first-order chi connectivity index (χ1) is 13.1. The van der Waals surface area contributed by atoms with Crippen molar-refractivity contribution in [3.05, 3.63) is 24.8 Å². The molecule has 0 bridgehead atoms. The van der Waals surface area contributed by atoms with Crippen molar-refractivity contribution >= 4 is 12.4 Å². The van der Waals surface area contributed by atoms with Gasteiger partial charge < -0.3 is 19.9 Å². The molecule has 4 rings (SSSR count). The molecule has 1 aliphatic heterocycles. The number of carbonyl (C=O) groups is 1. The maximum absolute atomic E-state index is 8.36. The van der Waals surface area contributed by atoms with Gasteiger partial charge in [-0.1, -0.05) is 6.92 Å². The zero-order valence-electron chi connectivity index (χ0n) is 16.0. The monoisotopic (exact) mass is 372 g/mol. The van der Waals surface area contributed by atoms with Gasteiger partial charge >= 0.3 is 0 Å². The molecule has 0 radical (unpaired) electrons. The summed E-state index contributed by atoms with van der Waals surface area (Å²) in [4.78, 5) is 24.2. The maximum Gasteiger partial charge on any atom is 0.290 e. The lowest BCUT2D eigenvalue weighted by atomic mass is 9.93. The van der Waals surface area contributed by atoms with Gasteiger partial charge in [-0.2, -0.15) is 0 Å². The van der Waals surface area contributed by atoms with Crippen LogP contribution in [0.15, 0.2) is 24.8 Å². The predicted molar refractivity (Wildman–Crippen MR) is 104 cm³/mol. The van der Waals surface area contributed by atoms with Crippen LogP contribution >= 0.6 is 0 Å². The third-order valence-electron chi connectivity index (χ3n) is 5.58. The van der Waals surface area contributed by atoms with E-state index in [9.17, 15) is 0 Å². The van der Waals surface area contributed by atoms with Crippen molar-refractivity contribution in [3.8, 4) is 11.4 Å². The minimum Gasteiger partial charge on any atom is -0.483 e. The molecule has 2 N–H and O–H groups in total. The standard InChI is InChI=1S/C18H26N6.CH2O2/c1-3-6-20-17-21-12-14(13-22-17)16-19-7-10-24(16)15-11-18(15)4-8-23(2)9-5-18;2-1-3/h7,10,12-13,15H,3-6,8-9,11H2,1-2H3,(H,20,21,22);1H,(H,2,3). The van der Waals surface area contributed by atoms with E-state index in [4.69, 9.17) is 9.90 Å². The molecule has 2 aromatic heterocycles. The Hall–Kier alpha value is -2.48. The number of nitrogens with one attached hydrogen (secondary N) is 1. The molecular formula is C19H28N6O2. The molecule has 8 heteroatoms. The lowest BCUT2D eigenvalue weighted by Crippen LogP contribution is -2.32. The molecule has 146 valence electrons. The fourth-order valence-corrected chi connectivity index (χ4v) is 3.88. The van der Waals surface area contributed by atoms with Gasteiger partial charge in [0.15, 0.2) is 0 Å². The van der Waals surface area contributed by atoms with Crippen LogP contribution in [0.5, 0.6) is 0 Å². The van der Waals surface area contributed by atoms with Crippen molar-refractivity contribution in [2.45, 2.75) is 38.6 Å². The third kappa shape index (κ3) is 4.27. The van der Waals surface area contributed by atoms with Crippen LogP contribution in [0.25, 0.3) is 11.4 Å². The van der Waals surface area contributed by atoms with E-state index >= 15 is 0 Å². The van der Waals surface area contributed by atoms with E-state index in [-0.39, 0.29) is 6.47 Å². The number of aromatic nitrogens is 4. The zero-order chi connectivity index (χ0) is 19.3. The van der Waals surface area contributed by atoms with Gasteiger partial charge in [0.05, 0.1) is 5.56 Å². The third-order valence-corrected chi connectivity index (χ3v) is 5.58. The summed E-state index contributed by atoms with van der Waals surface area (Å²) in [6, 6.07) is 0.585. The van der Waals surface area contributed by atoms with Gasteiger partial charge in [0.25, 0.3) is 6.47 Å². The fourth-order valence-electron chi connectivity index (χ4n) is 3.88. The number of imidazole rings is 1. The molecule has 0 amide bonds. The molecule has 3 heterocycles. The highest BCUT2D eigenvalue weighted by Crippen LogP contribution is 2.63. The number of nitrogens with zero attached hydrogens (tertiary/aromatic N) is 5. The Morgan fingerprint density at radius 1 is 1.30 bits per heavy atom. The Labute approximate surface area is 159 Å². The zero-order valence-corrected chi connectivity index (χ0v) is 16.0. The molecule has 1 atom stereocenters. The molecule has 2 aromatic rings. The summed E-state index contributed by atoms with van der Waals surface area (Å²) in [5.74, 6) is 1.69. The molecule has 27 heavy (non-hydrogen) atoms. The van der Waals surface area contributed by atoms with Gasteiger partial charge in [0, 0.05) is 37.4 Å². The van der Waals surface area contributed by atoms with Crippen molar-refractivity contribution in [1.82, 2.24) is 24.4 Å². The first kappa shape index (κ1) is 19.3. The van der Waals surface area contributed by atoms with Gasteiger partial charge in [-0.05, 0) is 51.2 Å². The van der Waals surface area contributed by atoms with E-state index in [1.54, 1.807) is 0 Å². The van der Waals surface area contributed by atoms with E-state index in [0.29, 0.717) is 17.4 Å². The average Bonchev–Trinajstić information content (AvgIpc) is 3.15. The predicted octanol–water partition coefficient (Wildman–Crippen LogP) is 2.52. The first-order valence-corrected chi connectivity index (χ1v) is 9.49. The number of carboxylic acid groups (broad SMARTS) is 1. The lowest BCUT2D eigenvalue weighted by molar-refractivity contribution is -0.122. The molecule has 1 unspecified atom stereocenters. The molecule has 0 aromatic carbocycles. The van der Waals surface area contributed by atoms with Gasteiger partial charge in [-0.25, -0.2) is 15.0 Å². The number of hydrogen-bond acceptors (Lipinski definition) is 6. The summed E-state index contributed by atoms with van der Waals surface area (Å²) in [5, 5.41) is 10.1. The molecular weight excluding hydrogens is 344 g/mol. The molecule has 2 aliphatic rings. The quantitative estimate of drug-likeness (QED) is 0.779. The maximum atomic E-state index is 8.36. The Morgan fingerprint density at radius 3 is 2.59 bits per heavy atom. The highest BCUT2D eigenvalue weighted by Gasteiger charge is 2.56. The van der Waals surface area contributed by atoms with Gasteiger partial charge in [-0.15, -0.1) is 0 Å². The Balaban J connectivity index is 0.000000659. The van der Waals surface area contributed by atoms with Crippen LogP contribution < -0.4 is 5.32 Å². The van der Waals surface area contributed by atoms with Gasteiger partial charge in [0.1, 0.15) is 5.82 Å². The summed E-state index contributed by atoms with van der Waals surface area (Å²) < 4.78 is 2.35. The smallest absolute Gasteiger partial charge is 0.290 e. The van der Waals surface area contributed by atoms with Crippen LogP contribution in [0.2, 0.25) is 0 Å². The first-order valence-electron chi connectivity index (χ1n) is 9.49. The van der Waals surface area contributed by atoms with Crippen LogP contribution in [0, 0.1) is 5.41 Å². The SMILES string of the molecule is CCCNc1ncc(-c2nccn2C2CC23CCN(C)CC3)cn1.O=CO. The topological polar surface area (TPSA) is 96.2 Å². The normalized spacial score (nSPS) is 20.6. The van der Waals surface area contributed by atoms with Crippen LogP contribution in [-0.4, -0.2) is 62.7 Å². The van der Waals surface area contributed by atoms with Gasteiger partial charge in [-0.3, -0.25) is 4.79 Å². The molecule has 1 saturated carbocycles. The summed E-state index contributed by atoms with van der Waals surface area (Å²) in [5.41, 5.74) is 1.49. The van der Waals surface area contributed by atoms with Crippen LogP contribution in [-0.2, 0) is 4.79 Å². The van der Waals surface area contributed by atoms with Gasteiger partial charge in [0.2, 0.25) is 5.95 Å². The van der Waals surface area contributed by atoms with Crippen LogP contribution in [0.3, 0.4) is 0 Å². The highest BCUT2D eigenvalue weighted by molar-refractivity contribution is 5.54. The average molecular weight is 372 g/mol. The Bertz CT molecular complexity index is 737. The van der Waals surface area contributed by atoms with Crippen molar-refractivity contribution in [3.63, 3.8) is 0 Å². The Kier molecular flexibility index (Phi) is 6.05. The number of likely N-dealkylation sites (tertiary alicyclic amines) is 1. The van der Waals surface area contributed by atoms with E-state index < -0.39 is 0 Å². The van der Waals surface area contributed by atoms with E-state index in [0.717, 1.165) is 24.4 Å². The van der Waals surface area contributed by atoms with Crippen molar-refractivity contribution < 1.29 is 9.90 Å². The number of anilines is 1. The largest absolute Gasteiger partial charge is 0.483 e. The van der Waals surface area contributed by atoms with Crippen molar-refractivity contribution in [2.24, 2.45) is 5.41 Å². The van der Waals surface area contributed by atoms with E-state index in [2.05, 4.69) is 49.9 Å². The summed E-state index contributed by atoms with van der Waals surface area (Å²) in [6.07, 6.45) is 12.7. The lowest BCUT2D eigenvalue weighted by Gasteiger charge is -2.30. The molecule has 1 aliphatic carbocycles. The number of hydrogen-bond donors (Lipinski definition) is 2. The number of rotatable bonds is 5. The highest BCUT2D eigenvalue weighted by atomic mass is 16.3. The number of piperidine rings is 1. The van der Waals surface area contributed by atoms with Crippen molar-refractivity contribution in [1.29, 1.82) is 0 Å². The minimum atomic E-state index is -0.250. The summed E-state index contributed by atoms with van der Waals surface area (Å²) in [7, 11) is 2.22. The van der Waals surface area contributed by atoms with Crippen molar-refractivity contribution in [2.75, 3.05) is 32.0 Å². The van der Waals surface area contributed by atoms with E-state index in [1.165, 1.54) is 32.4 Å². The minimum absolute atomic E-state index is 0.250. The molecule has 1 spiro atoms. The second kappa shape index (κ2) is 8.47. The Morgan fingerprint density at radius 2 is 1.96 bits per heavy atom. The summed E-state index contributed by atoms with van der Waals surface area (Å²) >= 11 is 0. The van der Waals surface area contributed by atoms with Crippen LogP contribution in [0.1, 0.15) is 38.6 Å². The fraction of sp³-hybridized carbons (Fsp3) is 0.579. The van der Waals surface area contributed by atoms with E-state index in [1.807, 2.05) is 18.6 Å². The molecule has 2 fully saturated rings. The molecule has 8 nitrogen and oxygen atoms in total. The summed E-state index contributed by atoms with van der Waals surface area (Å²) in [6.45, 7) is 5.20. The second-order valence-electron chi connectivity index (χ2n) is 7.37. The van der Waals surface area contributed by atoms with Crippen LogP contribution in [0.4, 0.5) is 5.95 Å². The second-order valence-corrected chi connectivity index (χ2v) is 7.37.